The maximum atomic E-state index is 13.0. The number of nitrogens with one attached hydrogen (secondary N) is 1. The summed E-state index contributed by atoms with van der Waals surface area (Å²) in [6.07, 6.45) is 0.942. The molecule has 0 spiro atoms. The smallest absolute Gasteiger partial charge is 0.258 e. The molecule has 0 aromatic heterocycles. The lowest BCUT2D eigenvalue weighted by Gasteiger charge is -2.46. The largest absolute Gasteiger partial charge is 0.493 e. The lowest BCUT2D eigenvalue weighted by Crippen LogP contribution is -2.55. The van der Waals surface area contributed by atoms with E-state index in [-0.39, 0.29) is 5.91 Å². The van der Waals surface area contributed by atoms with Gasteiger partial charge in [-0.25, -0.2) is 0 Å². The summed E-state index contributed by atoms with van der Waals surface area (Å²) in [7, 11) is 0. The molecule has 2 aromatic rings. The molecule has 1 unspecified atom stereocenters. The molecular formula is C20H24N2O2. The van der Waals surface area contributed by atoms with Crippen molar-refractivity contribution in [2.24, 2.45) is 0 Å². The molecule has 0 saturated heterocycles. The van der Waals surface area contributed by atoms with Crippen molar-refractivity contribution >= 4 is 11.6 Å². The minimum atomic E-state index is -0.648. The molecule has 2 aromatic carbocycles. The van der Waals surface area contributed by atoms with E-state index in [0.717, 1.165) is 23.4 Å². The Morgan fingerprint density at radius 1 is 1.08 bits per heavy atom. The van der Waals surface area contributed by atoms with Crippen LogP contribution in [0.1, 0.15) is 43.1 Å². The van der Waals surface area contributed by atoms with Gasteiger partial charge in [0.15, 0.2) is 0 Å². The summed E-state index contributed by atoms with van der Waals surface area (Å²) >= 11 is 0. The van der Waals surface area contributed by atoms with Gasteiger partial charge in [-0.15, -0.1) is 0 Å². The highest BCUT2D eigenvalue weighted by molar-refractivity contribution is 6.02. The van der Waals surface area contributed by atoms with Crippen molar-refractivity contribution in [3.63, 3.8) is 0 Å². The highest BCUT2D eigenvalue weighted by Crippen LogP contribution is 2.40. The van der Waals surface area contributed by atoms with Gasteiger partial charge in [-0.1, -0.05) is 37.3 Å². The van der Waals surface area contributed by atoms with Gasteiger partial charge in [-0.2, -0.15) is 0 Å². The first-order valence-electron chi connectivity index (χ1n) is 8.53. The second-order valence-corrected chi connectivity index (χ2v) is 6.14. The van der Waals surface area contributed by atoms with Crippen LogP contribution in [0.3, 0.4) is 0 Å². The average molecular weight is 324 g/mol. The van der Waals surface area contributed by atoms with Crippen LogP contribution in [-0.2, 0) is 5.66 Å². The zero-order valence-electron chi connectivity index (χ0n) is 14.5. The Balaban J connectivity index is 2.10. The van der Waals surface area contributed by atoms with E-state index in [4.69, 9.17) is 4.74 Å². The number of ether oxygens (including phenoxy) is 1. The third-order valence-corrected chi connectivity index (χ3v) is 4.51. The van der Waals surface area contributed by atoms with E-state index < -0.39 is 5.66 Å². The average Bonchev–Trinajstić information content (AvgIpc) is 2.60. The quantitative estimate of drug-likeness (QED) is 0.894. The molecule has 1 atom stereocenters. The van der Waals surface area contributed by atoms with Crippen molar-refractivity contribution in [1.82, 2.24) is 4.90 Å². The van der Waals surface area contributed by atoms with Crippen LogP contribution >= 0.6 is 0 Å². The fourth-order valence-corrected chi connectivity index (χ4v) is 3.34. The first-order valence-corrected chi connectivity index (χ1v) is 8.53. The molecule has 0 radical (unpaired) electrons. The zero-order valence-corrected chi connectivity index (χ0v) is 14.5. The molecule has 1 N–H and O–H groups in total. The van der Waals surface area contributed by atoms with Gasteiger partial charge in [0.2, 0.25) is 0 Å². The first kappa shape index (κ1) is 16.4. The second-order valence-electron chi connectivity index (χ2n) is 6.14. The molecule has 4 nitrogen and oxygen atoms in total. The molecule has 1 amide bonds. The van der Waals surface area contributed by atoms with Crippen molar-refractivity contribution in [3.8, 4) is 5.75 Å². The number of benzene rings is 2. The number of carbonyl (C=O) groups is 1. The molecule has 0 bridgehead atoms. The lowest BCUT2D eigenvalue weighted by atomic mass is 9.93. The van der Waals surface area contributed by atoms with Crippen LogP contribution < -0.4 is 10.1 Å². The maximum Gasteiger partial charge on any atom is 0.258 e. The molecule has 0 saturated carbocycles. The third kappa shape index (κ3) is 2.62. The van der Waals surface area contributed by atoms with Crippen LogP contribution in [0, 0.1) is 0 Å². The number of carbonyl (C=O) groups excluding carboxylic acids is 1. The second kappa shape index (κ2) is 6.56. The summed E-state index contributed by atoms with van der Waals surface area (Å²) in [5, 5.41) is 3.56. The topological polar surface area (TPSA) is 41.6 Å². The van der Waals surface area contributed by atoms with E-state index >= 15 is 0 Å². The van der Waals surface area contributed by atoms with Crippen LogP contribution in [0.5, 0.6) is 5.75 Å². The highest BCUT2D eigenvalue weighted by Gasteiger charge is 2.43. The van der Waals surface area contributed by atoms with Gasteiger partial charge in [0.1, 0.15) is 11.4 Å². The van der Waals surface area contributed by atoms with Crippen LogP contribution in [0.25, 0.3) is 0 Å². The fourth-order valence-electron chi connectivity index (χ4n) is 3.34. The number of rotatable bonds is 5. The van der Waals surface area contributed by atoms with Gasteiger partial charge in [-0.3, -0.25) is 4.79 Å². The predicted octanol–water partition coefficient (Wildman–Crippen LogP) is 4.24. The summed E-state index contributed by atoms with van der Waals surface area (Å²) < 4.78 is 5.94. The number of amides is 1. The number of fused-ring (bicyclic) bond motifs is 1. The Kier molecular flexibility index (Phi) is 4.47. The molecule has 24 heavy (non-hydrogen) atoms. The molecular weight excluding hydrogens is 300 g/mol. The van der Waals surface area contributed by atoms with Gasteiger partial charge in [-0.05, 0) is 38.5 Å². The fraction of sp³-hybridized carbons (Fsp3) is 0.350. The number of hydrogen-bond acceptors (Lipinski definition) is 3. The van der Waals surface area contributed by atoms with E-state index in [1.54, 1.807) is 0 Å². The predicted molar refractivity (Wildman–Crippen MR) is 96.4 cm³/mol. The maximum absolute atomic E-state index is 13.0. The number of para-hydroxylation sites is 2. The molecule has 1 heterocycles. The first-order chi connectivity index (χ1) is 11.6. The Hall–Kier alpha value is -2.49. The Bertz CT molecular complexity index is 744. The van der Waals surface area contributed by atoms with E-state index in [0.29, 0.717) is 18.7 Å². The van der Waals surface area contributed by atoms with Gasteiger partial charge in [0, 0.05) is 17.8 Å². The normalized spacial score (nSPS) is 19.6. The summed E-state index contributed by atoms with van der Waals surface area (Å²) in [4.78, 5) is 14.9. The summed E-state index contributed by atoms with van der Waals surface area (Å²) in [6, 6.07) is 15.6. The van der Waals surface area contributed by atoms with Gasteiger partial charge < -0.3 is 15.0 Å². The third-order valence-electron chi connectivity index (χ3n) is 4.51. The van der Waals surface area contributed by atoms with Crippen molar-refractivity contribution in [2.75, 3.05) is 18.5 Å². The molecule has 0 fully saturated rings. The SMILES string of the molecule is CCCOc1ccccc1C1(C)Nc2ccccc2C(=O)N1CC. The minimum absolute atomic E-state index is 0.0413. The monoisotopic (exact) mass is 324 g/mol. The van der Waals surface area contributed by atoms with Crippen LogP contribution in [0.2, 0.25) is 0 Å². The minimum Gasteiger partial charge on any atom is -0.493 e. The molecule has 126 valence electrons. The Morgan fingerprint density at radius 3 is 2.54 bits per heavy atom. The number of anilines is 1. The van der Waals surface area contributed by atoms with Crippen molar-refractivity contribution in [2.45, 2.75) is 32.9 Å². The van der Waals surface area contributed by atoms with Crippen LogP contribution in [0.15, 0.2) is 48.5 Å². The van der Waals surface area contributed by atoms with E-state index in [9.17, 15) is 4.79 Å². The van der Waals surface area contributed by atoms with Crippen molar-refractivity contribution in [1.29, 1.82) is 0 Å². The number of nitrogens with zero attached hydrogens (tertiary/aromatic N) is 1. The molecule has 3 rings (SSSR count). The Labute approximate surface area is 143 Å². The summed E-state index contributed by atoms with van der Waals surface area (Å²) in [5.74, 6) is 0.861. The van der Waals surface area contributed by atoms with Crippen molar-refractivity contribution in [3.05, 3.63) is 59.7 Å². The molecule has 1 aliphatic rings. The standard InChI is InChI=1S/C20H24N2O2/c1-4-14-24-18-13-9-7-11-16(18)20(3)21-17-12-8-6-10-15(17)19(23)22(20)5-2/h6-13,21H,4-5,14H2,1-3H3. The number of hydrogen-bond donors (Lipinski definition) is 1. The highest BCUT2D eigenvalue weighted by atomic mass is 16.5. The van der Waals surface area contributed by atoms with Crippen LogP contribution in [-0.4, -0.2) is 24.0 Å². The summed E-state index contributed by atoms with van der Waals surface area (Å²) in [5.41, 5.74) is 1.90. The van der Waals surface area contributed by atoms with E-state index in [2.05, 4.69) is 12.2 Å². The van der Waals surface area contributed by atoms with E-state index in [1.807, 2.05) is 67.3 Å². The summed E-state index contributed by atoms with van der Waals surface area (Å²) in [6.45, 7) is 7.39. The lowest BCUT2D eigenvalue weighted by molar-refractivity contribution is 0.0547. The Morgan fingerprint density at radius 2 is 1.79 bits per heavy atom. The molecule has 1 aliphatic heterocycles. The zero-order chi connectivity index (χ0) is 17.2. The van der Waals surface area contributed by atoms with Gasteiger partial charge >= 0.3 is 0 Å². The van der Waals surface area contributed by atoms with Crippen molar-refractivity contribution < 1.29 is 9.53 Å². The van der Waals surface area contributed by atoms with Gasteiger partial charge in [0.25, 0.3) is 5.91 Å². The molecule has 4 heteroatoms. The molecule has 0 aliphatic carbocycles. The van der Waals surface area contributed by atoms with E-state index in [1.165, 1.54) is 0 Å². The van der Waals surface area contributed by atoms with Crippen LogP contribution in [0.4, 0.5) is 5.69 Å². The van der Waals surface area contributed by atoms with Gasteiger partial charge in [0.05, 0.1) is 12.2 Å².